The molecule has 0 bridgehead atoms. The van der Waals surface area contributed by atoms with Gasteiger partial charge in [0.2, 0.25) is 5.91 Å². The average Bonchev–Trinajstić information content (AvgIpc) is 2.10. The van der Waals surface area contributed by atoms with Gasteiger partial charge < -0.3 is 15.4 Å². The molecule has 6 heteroatoms. The summed E-state index contributed by atoms with van der Waals surface area (Å²) in [5.41, 5.74) is -0.568. The predicted molar refractivity (Wildman–Crippen MR) is 67.5 cm³/mol. The van der Waals surface area contributed by atoms with Gasteiger partial charge in [0.25, 0.3) is 0 Å². The molecular weight excluding hydrogens is 240 g/mol. The Morgan fingerprint density at radius 1 is 1.53 bits per heavy atom. The average molecular weight is 258 g/mol. The van der Waals surface area contributed by atoms with E-state index in [0.717, 1.165) is 4.91 Å². The number of nitrogens with one attached hydrogen (secondary N) is 2. The summed E-state index contributed by atoms with van der Waals surface area (Å²) in [7, 11) is 0. The maximum absolute atomic E-state index is 11.5. The zero-order valence-corrected chi connectivity index (χ0v) is 11.3. The van der Waals surface area contributed by atoms with Gasteiger partial charge in [-0.2, -0.15) is 0 Å². The van der Waals surface area contributed by atoms with Crippen molar-refractivity contribution in [2.45, 2.75) is 44.7 Å². The Bertz CT molecular complexity index is 349. The Labute approximate surface area is 105 Å². The van der Waals surface area contributed by atoms with E-state index in [1.807, 2.05) is 6.92 Å². The lowest BCUT2D eigenvalue weighted by Crippen LogP contribution is -2.67. The van der Waals surface area contributed by atoms with Crippen molar-refractivity contribution >= 4 is 23.8 Å². The van der Waals surface area contributed by atoms with E-state index >= 15 is 0 Å². The van der Waals surface area contributed by atoms with Crippen molar-refractivity contribution in [2.24, 2.45) is 0 Å². The smallest absolute Gasteiger partial charge is 0.408 e. The topological polar surface area (TPSA) is 67.4 Å². The Balaban J connectivity index is 2.47. The van der Waals surface area contributed by atoms with Crippen LogP contribution < -0.4 is 10.6 Å². The maximum atomic E-state index is 11.5. The molecule has 1 aliphatic heterocycles. The number of carbonyl (C=O) groups excluding carboxylic acids is 2. The molecule has 0 saturated carbocycles. The molecule has 2 N–H and O–H groups in total. The SMILES string of the molecule is C=C(C)S[C@H]1NC(=O)[C@H]1NC(=O)OC(C)(C)C. The van der Waals surface area contributed by atoms with Crippen LogP contribution in [0.25, 0.3) is 0 Å². The second kappa shape index (κ2) is 5.00. The van der Waals surface area contributed by atoms with Crippen molar-refractivity contribution in [3.8, 4) is 0 Å². The fraction of sp³-hybridized carbons (Fsp3) is 0.636. The van der Waals surface area contributed by atoms with Gasteiger partial charge in [-0.25, -0.2) is 4.79 Å². The largest absolute Gasteiger partial charge is 0.444 e. The van der Waals surface area contributed by atoms with Crippen molar-refractivity contribution in [1.29, 1.82) is 0 Å². The van der Waals surface area contributed by atoms with E-state index in [2.05, 4.69) is 17.2 Å². The van der Waals surface area contributed by atoms with Crippen LogP contribution in [0.15, 0.2) is 11.5 Å². The van der Waals surface area contributed by atoms with Crippen molar-refractivity contribution in [3.05, 3.63) is 11.5 Å². The minimum atomic E-state index is -0.579. The van der Waals surface area contributed by atoms with Gasteiger partial charge >= 0.3 is 6.09 Å². The van der Waals surface area contributed by atoms with Crippen LogP contribution in [0.3, 0.4) is 0 Å². The molecule has 0 aromatic heterocycles. The van der Waals surface area contributed by atoms with Crippen molar-refractivity contribution < 1.29 is 14.3 Å². The molecule has 0 aliphatic carbocycles. The molecular formula is C11H18N2O3S. The van der Waals surface area contributed by atoms with Gasteiger partial charge in [-0.1, -0.05) is 6.58 Å². The molecule has 2 amide bonds. The number of allylic oxidation sites excluding steroid dienone is 1. The van der Waals surface area contributed by atoms with E-state index in [0.29, 0.717) is 0 Å². The van der Waals surface area contributed by atoms with Gasteiger partial charge in [-0.15, -0.1) is 11.8 Å². The molecule has 0 aromatic carbocycles. The van der Waals surface area contributed by atoms with E-state index in [9.17, 15) is 9.59 Å². The molecule has 2 atom stereocenters. The summed E-state index contributed by atoms with van der Waals surface area (Å²) in [6, 6.07) is -0.549. The number of β-lactam (4-membered cyclic amide) rings is 1. The number of amides is 2. The molecule has 96 valence electrons. The zero-order valence-electron chi connectivity index (χ0n) is 10.5. The van der Waals surface area contributed by atoms with Crippen molar-refractivity contribution in [2.75, 3.05) is 0 Å². The second-order valence-corrected chi connectivity index (χ2v) is 6.31. The standard InChI is InChI=1S/C11H18N2O3S/c1-6(2)17-9-7(8(14)13-9)12-10(15)16-11(3,4)5/h7,9H,1H2,2-5H3,(H,12,15)(H,13,14)/t7-,9-/m1/s1. The fourth-order valence-electron chi connectivity index (χ4n) is 1.24. The van der Waals surface area contributed by atoms with Gasteiger partial charge in [0.05, 0.1) is 0 Å². The molecule has 17 heavy (non-hydrogen) atoms. The number of carbonyl (C=O) groups is 2. The lowest BCUT2D eigenvalue weighted by molar-refractivity contribution is -0.129. The Morgan fingerprint density at radius 3 is 2.53 bits per heavy atom. The summed E-state index contributed by atoms with van der Waals surface area (Å²) in [6.07, 6.45) is -0.579. The van der Waals surface area contributed by atoms with Gasteiger partial charge in [0, 0.05) is 0 Å². The van der Waals surface area contributed by atoms with Crippen molar-refractivity contribution in [1.82, 2.24) is 10.6 Å². The van der Waals surface area contributed by atoms with Gasteiger partial charge in [0.15, 0.2) is 0 Å². The van der Waals surface area contributed by atoms with Gasteiger partial charge in [-0.3, -0.25) is 4.79 Å². The summed E-state index contributed by atoms with van der Waals surface area (Å²) < 4.78 is 5.08. The van der Waals surface area contributed by atoms with E-state index in [4.69, 9.17) is 4.74 Å². The highest BCUT2D eigenvalue weighted by molar-refractivity contribution is 8.03. The summed E-state index contributed by atoms with van der Waals surface area (Å²) in [4.78, 5) is 23.7. The summed E-state index contributed by atoms with van der Waals surface area (Å²) in [5.74, 6) is -0.199. The lowest BCUT2D eigenvalue weighted by Gasteiger charge is -2.36. The first-order chi connectivity index (χ1) is 7.69. The quantitative estimate of drug-likeness (QED) is 0.755. The molecule has 1 heterocycles. The predicted octanol–water partition coefficient (Wildman–Crippen LogP) is 1.60. The number of thioether (sulfide) groups is 1. The summed E-state index contributed by atoms with van der Waals surface area (Å²) in [6.45, 7) is 10.9. The fourth-order valence-corrected chi connectivity index (χ4v) is 2.18. The molecule has 1 saturated heterocycles. The third-order valence-corrected chi connectivity index (χ3v) is 2.92. The van der Waals surface area contributed by atoms with Crippen LogP contribution in [0.1, 0.15) is 27.7 Å². The van der Waals surface area contributed by atoms with Crippen LogP contribution in [0.2, 0.25) is 0 Å². The van der Waals surface area contributed by atoms with Crippen LogP contribution in [0, 0.1) is 0 Å². The Hall–Kier alpha value is -1.17. The molecule has 1 rings (SSSR count). The number of hydrogen-bond acceptors (Lipinski definition) is 4. The van der Waals surface area contributed by atoms with Crippen LogP contribution in [-0.2, 0) is 9.53 Å². The summed E-state index contributed by atoms with van der Waals surface area (Å²) >= 11 is 1.42. The first-order valence-electron chi connectivity index (χ1n) is 5.31. The zero-order chi connectivity index (χ0) is 13.2. The molecule has 0 spiro atoms. The normalized spacial score (nSPS) is 23.4. The molecule has 5 nitrogen and oxygen atoms in total. The molecule has 0 aromatic rings. The second-order valence-electron chi connectivity index (χ2n) is 4.87. The minimum Gasteiger partial charge on any atom is -0.444 e. The van der Waals surface area contributed by atoms with Crippen LogP contribution in [0.4, 0.5) is 4.79 Å². The molecule has 0 unspecified atom stereocenters. The number of rotatable bonds is 3. The van der Waals surface area contributed by atoms with E-state index in [1.54, 1.807) is 20.8 Å². The van der Waals surface area contributed by atoms with Crippen molar-refractivity contribution in [3.63, 3.8) is 0 Å². The minimum absolute atomic E-state index is 0.160. The molecule has 1 fully saturated rings. The Kier molecular flexibility index (Phi) is 4.08. The van der Waals surface area contributed by atoms with Gasteiger partial charge in [0.1, 0.15) is 17.0 Å². The maximum Gasteiger partial charge on any atom is 0.408 e. The first-order valence-corrected chi connectivity index (χ1v) is 6.19. The monoisotopic (exact) mass is 258 g/mol. The van der Waals surface area contributed by atoms with E-state index < -0.39 is 17.7 Å². The highest BCUT2D eigenvalue weighted by atomic mass is 32.2. The number of alkyl carbamates (subject to hydrolysis) is 1. The highest BCUT2D eigenvalue weighted by Gasteiger charge is 2.41. The highest BCUT2D eigenvalue weighted by Crippen LogP contribution is 2.25. The lowest BCUT2D eigenvalue weighted by atomic mass is 10.1. The van der Waals surface area contributed by atoms with Crippen LogP contribution >= 0.6 is 11.8 Å². The van der Waals surface area contributed by atoms with Crippen LogP contribution in [0.5, 0.6) is 0 Å². The van der Waals surface area contributed by atoms with E-state index in [1.165, 1.54) is 11.8 Å². The molecule has 0 radical (unpaired) electrons. The van der Waals surface area contributed by atoms with Gasteiger partial charge in [-0.05, 0) is 32.6 Å². The van der Waals surface area contributed by atoms with E-state index in [-0.39, 0.29) is 11.3 Å². The Morgan fingerprint density at radius 2 is 2.12 bits per heavy atom. The molecule has 1 aliphatic rings. The number of ether oxygens (including phenoxy) is 1. The first kappa shape index (κ1) is 13.9. The summed E-state index contributed by atoms with van der Waals surface area (Å²) in [5, 5.41) is 5.07. The third kappa shape index (κ3) is 4.30. The van der Waals surface area contributed by atoms with Crippen LogP contribution in [-0.4, -0.2) is 29.0 Å². The number of hydrogen-bond donors (Lipinski definition) is 2. The third-order valence-electron chi connectivity index (χ3n) is 1.87.